The highest BCUT2D eigenvalue weighted by Crippen LogP contribution is 2.20. The molecule has 2 rings (SSSR count). The minimum Gasteiger partial charge on any atom is -0.497 e. The standard InChI is InChI=1S/C20H25NO4/c1-14-10-15(2)12-19(11-14)24-9-8-21-20(22)16(3)25-18-7-5-6-17(13-18)23-4/h5-7,10-13,16H,8-9H2,1-4H3,(H,21,22). The first-order valence-corrected chi connectivity index (χ1v) is 8.27. The summed E-state index contributed by atoms with van der Waals surface area (Å²) in [6.07, 6.45) is -0.603. The minimum atomic E-state index is -0.603. The van der Waals surface area contributed by atoms with Gasteiger partial charge in [-0.2, -0.15) is 0 Å². The molecule has 0 saturated heterocycles. The largest absolute Gasteiger partial charge is 0.497 e. The summed E-state index contributed by atoms with van der Waals surface area (Å²) in [6.45, 7) is 6.58. The van der Waals surface area contributed by atoms with E-state index in [0.29, 0.717) is 24.7 Å². The number of nitrogens with one attached hydrogen (secondary N) is 1. The van der Waals surface area contributed by atoms with Crippen molar-refractivity contribution < 1.29 is 19.0 Å². The monoisotopic (exact) mass is 343 g/mol. The molecule has 2 aromatic rings. The number of carbonyl (C=O) groups is 1. The van der Waals surface area contributed by atoms with Crippen LogP contribution in [0.1, 0.15) is 18.1 Å². The fraction of sp³-hybridized carbons (Fsp3) is 0.350. The number of ether oxygens (including phenoxy) is 3. The van der Waals surface area contributed by atoms with Crippen molar-refractivity contribution in [3.05, 3.63) is 53.6 Å². The summed E-state index contributed by atoms with van der Waals surface area (Å²) < 4.78 is 16.4. The number of benzene rings is 2. The average Bonchev–Trinajstić information content (AvgIpc) is 2.57. The lowest BCUT2D eigenvalue weighted by molar-refractivity contribution is -0.127. The Morgan fingerprint density at radius 3 is 2.40 bits per heavy atom. The molecule has 0 bridgehead atoms. The number of hydrogen-bond donors (Lipinski definition) is 1. The van der Waals surface area contributed by atoms with Gasteiger partial charge in [0.25, 0.3) is 5.91 Å². The summed E-state index contributed by atoms with van der Waals surface area (Å²) in [5.41, 5.74) is 2.30. The zero-order valence-corrected chi connectivity index (χ0v) is 15.2. The van der Waals surface area contributed by atoms with Crippen LogP contribution >= 0.6 is 0 Å². The highest BCUT2D eigenvalue weighted by molar-refractivity contribution is 5.80. The van der Waals surface area contributed by atoms with Gasteiger partial charge in [-0.25, -0.2) is 0 Å². The molecule has 0 aliphatic heterocycles. The van der Waals surface area contributed by atoms with Crippen molar-refractivity contribution in [2.75, 3.05) is 20.3 Å². The summed E-state index contributed by atoms with van der Waals surface area (Å²) in [4.78, 5) is 12.1. The molecule has 1 atom stereocenters. The Bertz CT molecular complexity index is 694. The fourth-order valence-corrected chi connectivity index (χ4v) is 2.44. The van der Waals surface area contributed by atoms with Gasteiger partial charge in [0.2, 0.25) is 0 Å². The summed E-state index contributed by atoms with van der Waals surface area (Å²) in [5.74, 6) is 1.90. The van der Waals surface area contributed by atoms with E-state index in [2.05, 4.69) is 11.4 Å². The lowest BCUT2D eigenvalue weighted by Gasteiger charge is -2.15. The first-order valence-electron chi connectivity index (χ1n) is 8.27. The summed E-state index contributed by atoms with van der Waals surface area (Å²) >= 11 is 0. The first-order chi connectivity index (χ1) is 12.0. The number of hydrogen-bond acceptors (Lipinski definition) is 4. The van der Waals surface area contributed by atoms with E-state index in [1.54, 1.807) is 26.2 Å². The van der Waals surface area contributed by atoms with E-state index in [4.69, 9.17) is 14.2 Å². The predicted molar refractivity (Wildman–Crippen MR) is 97.5 cm³/mol. The van der Waals surface area contributed by atoms with Gasteiger partial charge in [-0.3, -0.25) is 4.79 Å². The summed E-state index contributed by atoms with van der Waals surface area (Å²) in [5, 5.41) is 2.81. The van der Waals surface area contributed by atoms with E-state index in [1.807, 2.05) is 38.1 Å². The number of aryl methyl sites for hydroxylation is 2. The number of amides is 1. The maximum Gasteiger partial charge on any atom is 0.260 e. The lowest BCUT2D eigenvalue weighted by Crippen LogP contribution is -2.38. The van der Waals surface area contributed by atoms with E-state index in [-0.39, 0.29) is 5.91 Å². The molecule has 134 valence electrons. The molecule has 5 nitrogen and oxygen atoms in total. The van der Waals surface area contributed by atoms with E-state index < -0.39 is 6.10 Å². The van der Waals surface area contributed by atoms with Gasteiger partial charge in [0, 0.05) is 6.07 Å². The van der Waals surface area contributed by atoms with E-state index >= 15 is 0 Å². The van der Waals surface area contributed by atoms with Gasteiger partial charge in [-0.15, -0.1) is 0 Å². The SMILES string of the molecule is COc1cccc(OC(C)C(=O)NCCOc2cc(C)cc(C)c2)c1. The topological polar surface area (TPSA) is 56.8 Å². The van der Waals surface area contributed by atoms with Crippen LogP contribution in [0.15, 0.2) is 42.5 Å². The number of rotatable bonds is 8. The van der Waals surface area contributed by atoms with Gasteiger partial charge in [-0.1, -0.05) is 12.1 Å². The molecule has 0 radical (unpaired) electrons. The number of carbonyl (C=O) groups excluding carboxylic acids is 1. The molecule has 0 aromatic heterocycles. The molecule has 2 aromatic carbocycles. The van der Waals surface area contributed by atoms with Crippen LogP contribution in [0.25, 0.3) is 0 Å². The zero-order valence-electron chi connectivity index (χ0n) is 15.2. The first kappa shape index (κ1) is 18.6. The molecule has 1 unspecified atom stereocenters. The molecule has 0 aliphatic carbocycles. The van der Waals surface area contributed by atoms with Gasteiger partial charge in [0.15, 0.2) is 6.10 Å². The predicted octanol–water partition coefficient (Wildman–Crippen LogP) is 3.27. The van der Waals surface area contributed by atoms with Gasteiger partial charge in [-0.05, 0) is 56.2 Å². The summed E-state index contributed by atoms with van der Waals surface area (Å²) in [7, 11) is 1.59. The van der Waals surface area contributed by atoms with Crippen molar-refractivity contribution in [3.63, 3.8) is 0 Å². The Hall–Kier alpha value is -2.69. The molecule has 0 aliphatic rings. The molecule has 0 fully saturated rings. The quantitative estimate of drug-likeness (QED) is 0.748. The Labute approximate surface area is 148 Å². The van der Waals surface area contributed by atoms with E-state index in [1.165, 1.54) is 0 Å². The lowest BCUT2D eigenvalue weighted by atomic mass is 10.1. The fourth-order valence-electron chi connectivity index (χ4n) is 2.44. The Morgan fingerprint density at radius 1 is 1.04 bits per heavy atom. The van der Waals surface area contributed by atoms with Gasteiger partial charge in [0.1, 0.15) is 23.9 Å². The highest BCUT2D eigenvalue weighted by Gasteiger charge is 2.14. The zero-order chi connectivity index (χ0) is 18.2. The maximum absolute atomic E-state index is 12.1. The molecule has 1 amide bonds. The van der Waals surface area contributed by atoms with E-state index in [9.17, 15) is 4.79 Å². The van der Waals surface area contributed by atoms with Gasteiger partial charge in [0.05, 0.1) is 13.7 Å². The third kappa shape index (κ3) is 6.03. The average molecular weight is 343 g/mol. The van der Waals surface area contributed by atoms with Crippen LogP contribution in [0, 0.1) is 13.8 Å². The van der Waals surface area contributed by atoms with E-state index in [0.717, 1.165) is 16.9 Å². The molecule has 5 heteroatoms. The Balaban J connectivity index is 1.75. The van der Waals surface area contributed by atoms with Crippen LogP contribution in [-0.2, 0) is 4.79 Å². The van der Waals surface area contributed by atoms with Crippen molar-refractivity contribution in [2.45, 2.75) is 26.9 Å². The van der Waals surface area contributed by atoms with Crippen molar-refractivity contribution in [2.24, 2.45) is 0 Å². The molecular weight excluding hydrogens is 318 g/mol. The van der Waals surface area contributed by atoms with Crippen molar-refractivity contribution in [3.8, 4) is 17.2 Å². The molecule has 0 heterocycles. The maximum atomic E-state index is 12.1. The van der Waals surface area contributed by atoms with Crippen LogP contribution in [0.3, 0.4) is 0 Å². The normalized spacial score (nSPS) is 11.5. The van der Waals surface area contributed by atoms with Crippen LogP contribution in [0.5, 0.6) is 17.2 Å². The molecule has 0 spiro atoms. The second-order valence-corrected chi connectivity index (χ2v) is 5.90. The third-order valence-corrected chi connectivity index (χ3v) is 3.59. The third-order valence-electron chi connectivity index (χ3n) is 3.59. The molecule has 0 saturated carbocycles. The second-order valence-electron chi connectivity index (χ2n) is 5.90. The highest BCUT2D eigenvalue weighted by atomic mass is 16.5. The van der Waals surface area contributed by atoms with Gasteiger partial charge < -0.3 is 19.5 Å². The van der Waals surface area contributed by atoms with Crippen LogP contribution < -0.4 is 19.5 Å². The smallest absolute Gasteiger partial charge is 0.260 e. The number of methoxy groups -OCH3 is 1. The van der Waals surface area contributed by atoms with Crippen molar-refractivity contribution in [1.82, 2.24) is 5.32 Å². The Kier molecular flexibility index (Phi) is 6.69. The molecule has 1 N–H and O–H groups in total. The van der Waals surface area contributed by atoms with Gasteiger partial charge >= 0.3 is 0 Å². The summed E-state index contributed by atoms with van der Waals surface area (Å²) in [6, 6.07) is 13.2. The second kappa shape index (κ2) is 8.97. The molecule has 25 heavy (non-hydrogen) atoms. The Morgan fingerprint density at radius 2 is 1.72 bits per heavy atom. The van der Waals surface area contributed by atoms with Crippen LogP contribution in [-0.4, -0.2) is 32.3 Å². The molecular formula is C20H25NO4. The minimum absolute atomic E-state index is 0.188. The van der Waals surface area contributed by atoms with Crippen LogP contribution in [0.2, 0.25) is 0 Å². The van der Waals surface area contributed by atoms with Crippen LogP contribution in [0.4, 0.5) is 0 Å². The van der Waals surface area contributed by atoms with Crippen molar-refractivity contribution in [1.29, 1.82) is 0 Å². The van der Waals surface area contributed by atoms with Crippen molar-refractivity contribution >= 4 is 5.91 Å².